The lowest BCUT2D eigenvalue weighted by Crippen LogP contribution is -2.66. The molecule has 6 aliphatic rings. The molecule has 0 aromatic heterocycles. The quantitative estimate of drug-likeness (QED) is 0.168. The number of allylic oxidation sites excluding steroid dienone is 1. The molecule has 5 aliphatic carbocycles. The summed E-state index contributed by atoms with van der Waals surface area (Å²) >= 11 is 0. The molecule has 7 heteroatoms. The lowest BCUT2D eigenvalue weighted by Gasteiger charge is -2.73. The van der Waals surface area contributed by atoms with Gasteiger partial charge in [-0.25, -0.2) is 0 Å². The third-order valence-corrected chi connectivity index (χ3v) is 17.4. The maximum atomic E-state index is 13.2. The molecule has 294 valence electrons. The van der Waals surface area contributed by atoms with Crippen LogP contribution in [0.4, 0.5) is 0 Å². The highest BCUT2D eigenvalue weighted by atomic mass is 16.5. The van der Waals surface area contributed by atoms with Crippen LogP contribution in [0.5, 0.6) is 0 Å². The summed E-state index contributed by atoms with van der Waals surface area (Å²) in [6.45, 7) is 26.2. The van der Waals surface area contributed by atoms with Crippen molar-refractivity contribution in [1.29, 1.82) is 0 Å². The van der Waals surface area contributed by atoms with Gasteiger partial charge in [-0.1, -0.05) is 67.0 Å². The minimum Gasteiger partial charge on any atom is -0.481 e. The van der Waals surface area contributed by atoms with Crippen LogP contribution >= 0.6 is 0 Å². The summed E-state index contributed by atoms with van der Waals surface area (Å²) in [6, 6.07) is 0. The Bertz CT molecular complexity index is 1380. The Morgan fingerprint density at radius 2 is 1.52 bits per heavy atom. The Kier molecular flexibility index (Phi) is 11.0. The zero-order chi connectivity index (χ0) is 37.9. The second-order valence-electron chi connectivity index (χ2n) is 21.1. The van der Waals surface area contributed by atoms with E-state index in [1.807, 2.05) is 13.8 Å². The SMILES string of the molecule is C=C(C)[C@@H]1CC[C@]2(CCOC(=O)CN3CCCCC3)CC[C@]3(C)[C@H](CC[C@@H]4[C@@]5(C)CC[C@H](OC(=O)CC(C)(C)CC(=O)O)C(C)(C)[C@@H]5CC[C@]43C)[C@@H]12. The fourth-order valence-electron chi connectivity index (χ4n) is 14.7. The molecule has 1 N–H and O–H groups in total. The van der Waals surface area contributed by atoms with E-state index in [1.54, 1.807) is 0 Å². The van der Waals surface area contributed by atoms with Gasteiger partial charge >= 0.3 is 17.9 Å². The summed E-state index contributed by atoms with van der Waals surface area (Å²) in [6.07, 6.45) is 16.3. The van der Waals surface area contributed by atoms with Crippen LogP contribution in [0.15, 0.2) is 12.2 Å². The van der Waals surface area contributed by atoms with Crippen LogP contribution < -0.4 is 0 Å². The molecule has 0 aromatic carbocycles. The molecule has 0 radical (unpaired) electrons. The maximum absolute atomic E-state index is 13.2. The fourth-order valence-corrected chi connectivity index (χ4v) is 14.7. The second-order valence-corrected chi connectivity index (χ2v) is 21.1. The zero-order valence-electron chi connectivity index (χ0n) is 34.2. The Morgan fingerprint density at radius 3 is 2.19 bits per heavy atom. The van der Waals surface area contributed by atoms with E-state index in [0.717, 1.165) is 38.8 Å². The van der Waals surface area contributed by atoms with Crippen LogP contribution in [0.3, 0.4) is 0 Å². The van der Waals surface area contributed by atoms with Crippen molar-refractivity contribution in [3.8, 4) is 0 Å². The van der Waals surface area contributed by atoms with E-state index >= 15 is 0 Å². The van der Waals surface area contributed by atoms with Gasteiger partial charge < -0.3 is 14.6 Å². The molecule has 6 fully saturated rings. The number of aliphatic carboxylic acids is 1. The molecule has 52 heavy (non-hydrogen) atoms. The zero-order valence-corrected chi connectivity index (χ0v) is 34.2. The predicted octanol–water partition coefficient (Wildman–Crippen LogP) is 9.87. The van der Waals surface area contributed by atoms with Gasteiger partial charge in [0.05, 0.1) is 26.0 Å². The standard InChI is InChI=1S/C45H73NO6/c1-30(2)31-15-20-45(23-26-51-38(50)29-46-24-11-10-12-25-46)22-21-43(8)32(39(31)45)13-14-34-42(7)18-17-35(41(5,6)33(42)16-19-44(34,43)9)52-37(49)28-40(3,4)27-36(47)48/h31-35,39H,1,10-29H2,2-9H3,(H,47,48)/t31-,32+,33-,34+,35-,39+,42-,43+,44+,45+/m0/s1. The van der Waals surface area contributed by atoms with Crippen LogP contribution in [-0.2, 0) is 23.9 Å². The van der Waals surface area contributed by atoms with Crippen LogP contribution in [-0.4, -0.2) is 60.3 Å². The molecular weight excluding hydrogens is 650 g/mol. The summed E-state index contributed by atoms with van der Waals surface area (Å²) in [5.41, 5.74) is 1.45. The smallest absolute Gasteiger partial charge is 0.320 e. The third kappa shape index (κ3) is 6.93. The number of nitrogens with zero attached hydrogens (tertiary/aromatic N) is 1. The molecule has 5 saturated carbocycles. The molecule has 0 spiro atoms. The van der Waals surface area contributed by atoms with E-state index in [1.165, 1.54) is 69.8 Å². The van der Waals surface area contributed by atoms with Gasteiger partial charge in [-0.2, -0.15) is 0 Å². The van der Waals surface area contributed by atoms with Gasteiger partial charge in [0.2, 0.25) is 0 Å². The number of carboxylic acid groups (broad SMARTS) is 1. The molecule has 6 rings (SSSR count). The molecule has 7 nitrogen and oxygen atoms in total. The predicted molar refractivity (Wildman–Crippen MR) is 205 cm³/mol. The molecule has 1 saturated heterocycles. The molecule has 0 amide bonds. The van der Waals surface area contributed by atoms with E-state index < -0.39 is 11.4 Å². The van der Waals surface area contributed by atoms with Gasteiger partial charge in [0.25, 0.3) is 0 Å². The van der Waals surface area contributed by atoms with Crippen LogP contribution in [0.1, 0.15) is 158 Å². The molecular formula is C45H73NO6. The number of fused-ring (bicyclic) bond motifs is 7. The largest absolute Gasteiger partial charge is 0.481 e. The van der Waals surface area contributed by atoms with Crippen LogP contribution in [0.2, 0.25) is 0 Å². The van der Waals surface area contributed by atoms with Crippen molar-refractivity contribution in [3.05, 3.63) is 12.2 Å². The number of likely N-dealkylation sites (tertiary alicyclic amines) is 1. The van der Waals surface area contributed by atoms with Crippen molar-refractivity contribution in [2.45, 2.75) is 164 Å². The van der Waals surface area contributed by atoms with Crippen molar-refractivity contribution in [3.63, 3.8) is 0 Å². The minimum absolute atomic E-state index is 0.0434. The summed E-state index contributed by atoms with van der Waals surface area (Å²) in [4.78, 5) is 39.8. The van der Waals surface area contributed by atoms with Gasteiger partial charge in [-0.3, -0.25) is 19.3 Å². The summed E-state index contributed by atoms with van der Waals surface area (Å²) in [7, 11) is 0. The van der Waals surface area contributed by atoms with E-state index in [2.05, 4.69) is 53.0 Å². The van der Waals surface area contributed by atoms with Crippen molar-refractivity contribution in [1.82, 2.24) is 4.90 Å². The fraction of sp³-hybridized carbons (Fsp3) is 0.889. The molecule has 1 aliphatic heterocycles. The number of carbonyl (C=O) groups is 3. The monoisotopic (exact) mass is 724 g/mol. The number of carboxylic acids is 1. The van der Waals surface area contributed by atoms with E-state index in [9.17, 15) is 19.5 Å². The van der Waals surface area contributed by atoms with Crippen LogP contribution in [0.25, 0.3) is 0 Å². The number of carbonyl (C=O) groups excluding carboxylic acids is 2. The van der Waals surface area contributed by atoms with Crippen molar-refractivity contribution >= 4 is 17.9 Å². The number of rotatable bonds is 11. The molecule has 0 bridgehead atoms. The first kappa shape index (κ1) is 39.8. The minimum atomic E-state index is -0.879. The Hall–Kier alpha value is -1.89. The molecule has 0 aromatic rings. The van der Waals surface area contributed by atoms with Gasteiger partial charge in [0.1, 0.15) is 6.10 Å². The highest BCUT2D eigenvalue weighted by Gasteiger charge is 2.71. The van der Waals surface area contributed by atoms with Gasteiger partial charge in [-0.05, 0) is 160 Å². The molecule has 10 atom stereocenters. The first-order valence-corrected chi connectivity index (χ1v) is 21.2. The maximum Gasteiger partial charge on any atom is 0.320 e. The molecule has 0 unspecified atom stereocenters. The number of ether oxygens (including phenoxy) is 2. The van der Waals surface area contributed by atoms with E-state index in [-0.39, 0.29) is 58.0 Å². The highest BCUT2D eigenvalue weighted by molar-refractivity contribution is 5.73. The van der Waals surface area contributed by atoms with Gasteiger partial charge in [0, 0.05) is 5.41 Å². The van der Waals surface area contributed by atoms with Gasteiger partial charge in [-0.15, -0.1) is 0 Å². The first-order valence-electron chi connectivity index (χ1n) is 21.2. The number of piperidine rings is 1. The van der Waals surface area contributed by atoms with E-state index in [0.29, 0.717) is 42.7 Å². The topological polar surface area (TPSA) is 93.1 Å². The number of esters is 2. The summed E-state index contributed by atoms with van der Waals surface area (Å²) in [5, 5.41) is 9.35. The normalized spacial score (nSPS) is 41.5. The highest BCUT2D eigenvalue weighted by Crippen LogP contribution is 2.78. The number of hydrogen-bond acceptors (Lipinski definition) is 6. The lowest BCUT2D eigenvalue weighted by atomic mass is 9.32. The number of hydrogen-bond donors (Lipinski definition) is 1. The average Bonchev–Trinajstić information content (AvgIpc) is 3.42. The van der Waals surface area contributed by atoms with Crippen LogP contribution in [0, 0.1) is 62.1 Å². The second kappa shape index (κ2) is 14.3. The Morgan fingerprint density at radius 1 is 0.808 bits per heavy atom. The average molecular weight is 724 g/mol. The lowest BCUT2D eigenvalue weighted by molar-refractivity contribution is -0.251. The summed E-state index contributed by atoms with van der Waals surface area (Å²) in [5.74, 6) is 1.71. The van der Waals surface area contributed by atoms with E-state index in [4.69, 9.17) is 9.47 Å². The van der Waals surface area contributed by atoms with Crippen molar-refractivity contribution in [2.75, 3.05) is 26.2 Å². The summed E-state index contributed by atoms with van der Waals surface area (Å²) < 4.78 is 12.3. The molecule has 1 heterocycles. The van der Waals surface area contributed by atoms with Crippen molar-refractivity contribution < 1.29 is 29.0 Å². The Labute approximate surface area is 315 Å². The third-order valence-electron chi connectivity index (χ3n) is 17.4. The Balaban J connectivity index is 1.17. The van der Waals surface area contributed by atoms with Crippen molar-refractivity contribution in [2.24, 2.45) is 62.1 Å². The first-order chi connectivity index (χ1) is 24.3. The van der Waals surface area contributed by atoms with Gasteiger partial charge in [0.15, 0.2) is 0 Å².